The zero-order valence-electron chi connectivity index (χ0n) is 8.07. The molecule has 0 aliphatic heterocycles. The minimum Gasteiger partial charge on any atom is -0.149 e. The number of halogens is 1. The van der Waals surface area contributed by atoms with Crippen LogP contribution in [-0.4, -0.2) is 10.2 Å². The highest BCUT2D eigenvalue weighted by Crippen LogP contribution is 2.31. The summed E-state index contributed by atoms with van der Waals surface area (Å²) < 4.78 is 0. The Kier molecular flexibility index (Phi) is 1.96. The maximum Gasteiger partial charge on any atom is 0.152 e. The van der Waals surface area contributed by atoms with Crippen LogP contribution >= 0.6 is 11.6 Å². The van der Waals surface area contributed by atoms with Crippen molar-refractivity contribution in [2.24, 2.45) is 0 Å². The van der Waals surface area contributed by atoms with Crippen LogP contribution in [0, 0.1) is 0 Å². The van der Waals surface area contributed by atoms with Crippen LogP contribution in [0.5, 0.6) is 0 Å². The molecule has 0 spiro atoms. The summed E-state index contributed by atoms with van der Waals surface area (Å²) in [6, 6.07) is 10.3. The zero-order valence-corrected chi connectivity index (χ0v) is 8.83. The molecule has 2 nitrogen and oxygen atoms in total. The first kappa shape index (κ1) is 8.86. The number of aryl methyl sites for hydroxylation is 2. The third kappa shape index (κ3) is 1.41. The second kappa shape index (κ2) is 3.31. The fraction of sp³-hybridized carbons (Fsp3) is 0.167. The number of fused-ring (bicyclic) bond motifs is 3. The molecule has 0 amide bonds. The van der Waals surface area contributed by atoms with E-state index in [1.165, 1.54) is 16.7 Å². The van der Waals surface area contributed by atoms with Gasteiger partial charge < -0.3 is 0 Å². The van der Waals surface area contributed by atoms with E-state index >= 15 is 0 Å². The Bertz CT molecular complexity index is 523. The Morgan fingerprint density at radius 2 is 1.80 bits per heavy atom. The smallest absolute Gasteiger partial charge is 0.149 e. The van der Waals surface area contributed by atoms with Crippen molar-refractivity contribution in [3.05, 3.63) is 46.6 Å². The van der Waals surface area contributed by atoms with Gasteiger partial charge in [-0.1, -0.05) is 35.9 Å². The highest BCUT2D eigenvalue weighted by molar-refractivity contribution is 6.29. The minimum absolute atomic E-state index is 0.480. The van der Waals surface area contributed by atoms with Crippen LogP contribution in [0.2, 0.25) is 5.15 Å². The molecule has 0 radical (unpaired) electrons. The Morgan fingerprint density at radius 3 is 2.73 bits per heavy atom. The maximum absolute atomic E-state index is 5.83. The van der Waals surface area contributed by atoms with Crippen molar-refractivity contribution in [1.82, 2.24) is 10.2 Å². The Hall–Kier alpha value is -1.41. The SMILES string of the molecule is Clc1cc2c(nn1)-c1ccccc1CC2. The molecule has 3 rings (SSSR count). The molecule has 1 aliphatic carbocycles. The van der Waals surface area contributed by atoms with Crippen molar-refractivity contribution in [2.75, 3.05) is 0 Å². The summed E-state index contributed by atoms with van der Waals surface area (Å²) in [6.07, 6.45) is 2.06. The molecule has 0 atom stereocenters. The van der Waals surface area contributed by atoms with Crippen LogP contribution in [0.15, 0.2) is 30.3 Å². The molecule has 1 heterocycles. The largest absolute Gasteiger partial charge is 0.152 e. The predicted octanol–water partition coefficient (Wildman–Crippen LogP) is 2.90. The number of hydrogen-bond acceptors (Lipinski definition) is 2. The van der Waals surface area contributed by atoms with Crippen LogP contribution in [0.25, 0.3) is 11.3 Å². The third-order valence-electron chi connectivity index (χ3n) is 2.78. The van der Waals surface area contributed by atoms with Gasteiger partial charge in [0.15, 0.2) is 5.15 Å². The molecule has 0 saturated heterocycles. The standard InChI is InChI=1S/C12H9ClN2/c13-11-7-9-6-5-8-3-1-2-4-10(8)12(9)15-14-11/h1-4,7H,5-6H2. The molecule has 2 aromatic rings. The van der Waals surface area contributed by atoms with E-state index in [2.05, 4.69) is 28.4 Å². The summed E-state index contributed by atoms with van der Waals surface area (Å²) >= 11 is 5.83. The lowest BCUT2D eigenvalue weighted by Crippen LogP contribution is -2.06. The summed E-state index contributed by atoms with van der Waals surface area (Å²) in [7, 11) is 0. The lowest BCUT2D eigenvalue weighted by atomic mass is 9.90. The van der Waals surface area contributed by atoms with Gasteiger partial charge >= 0.3 is 0 Å². The molecular formula is C12H9ClN2. The topological polar surface area (TPSA) is 25.8 Å². The van der Waals surface area contributed by atoms with E-state index in [0.29, 0.717) is 5.15 Å². The molecule has 1 aliphatic rings. The second-order valence-corrected chi connectivity index (χ2v) is 4.09. The molecule has 74 valence electrons. The van der Waals surface area contributed by atoms with E-state index < -0.39 is 0 Å². The van der Waals surface area contributed by atoms with Crippen molar-refractivity contribution in [3.8, 4) is 11.3 Å². The highest BCUT2D eigenvalue weighted by Gasteiger charge is 2.17. The number of aromatic nitrogens is 2. The highest BCUT2D eigenvalue weighted by atomic mass is 35.5. The van der Waals surface area contributed by atoms with Gasteiger partial charge in [0, 0.05) is 5.56 Å². The molecule has 1 aromatic carbocycles. The van der Waals surface area contributed by atoms with Gasteiger partial charge in [-0.05, 0) is 30.0 Å². The molecule has 0 N–H and O–H groups in total. The lowest BCUT2D eigenvalue weighted by Gasteiger charge is -2.17. The second-order valence-electron chi connectivity index (χ2n) is 3.70. The van der Waals surface area contributed by atoms with Gasteiger partial charge in [-0.15, -0.1) is 10.2 Å². The summed E-state index contributed by atoms with van der Waals surface area (Å²) in [5, 5.41) is 8.56. The normalized spacial score (nSPS) is 13.1. The molecule has 3 heteroatoms. The number of rotatable bonds is 0. The van der Waals surface area contributed by atoms with Crippen molar-refractivity contribution < 1.29 is 0 Å². The molecule has 0 fully saturated rings. The van der Waals surface area contributed by atoms with Crippen molar-refractivity contribution in [3.63, 3.8) is 0 Å². The molecule has 0 saturated carbocycles. The average Bonchev–Trinajstić information content (AvgIpc) is 2.28. The van der Waals surface area contributed by atoms with E-state index in [1.807, 2.05) is 12.1 Å². The average molecular weight is 217 g/mol. The van der Waals surface area contributed by atoms with Crippen LogP contribution in [0.3, 0.4) is 0 Å². The van der Waals surface area contributed by atoms with E-state index in [-0.39, 0.29) is 0 Å². The lowest BCUT2D eigenvalue weighted by molar-refractivity contribution is 0.896. The molecule has 0 bridgehead atoms. The van der Waals surface area contributed by atoms with Crippen LogP contribution in [-0.2, 0) is 12.8 Å². The van der Waals surface area contributed by atoms with E-state index in [9.17, 15) is 0 Å². The number of benzene rings is 1. The predicted molar refractivity (Wildman–Crippen MR) is 59.9 cm³/mol. The fourth-order valence-electron chi connectivity index (χ4n) is 2.06. The number of hydrogen-bond donors (Lipinski definition) is 0. The first-order chi connectivity index (χ1) is 7.34. The molecule has 0 unspecified atom stereocenters. The minimum atomic E-state index is 0.480. The van der Waals surface area contributed by atoms with E-state index in [0.717, 1.165) is 18.5 Å². The first-order valence-corrected chi connectivity index (χ1v) is 5.33. The summed E-state index contributed by atoms with van der Waals surface area (Å²) in [4.78, 5) is 0. The van der Waals surface area contributed by atoms with Gasteiger partial charge in [0.25, 0.3) is 0 Å². The van der Waals surface area contributed by atoms with E-state index in [4.69, 9.17) is 11.6 Å². The number of nitrogens with zero attached hydrogens (tertiary/aromatic N) is 2. The molecule has 15 heavy (non-hydrogen) atoms. The van der Waals surface area contributed by atoms with Crippen molar-refractivity contribution >= 4 is 11.6 Å². The van der Waals surface area contributed by atoms with Gasteiger partial charge in [0.1, 0.15) is 0 Å². The third-order valence-corrected chi connectivity index (χ3v) is 2.96. The van der Waals surface area contributed by atoms with Crippen molar-refractivity contribution in [2.45, 2.75) is 12.8 Å². The fourth-order valence-corrected chi connectivity index (χ4v) is 2.23. The molecule has 1 aromatic heterocycles. The van der Waals surface area contributed by atoms with Gasteiger partial charge in [0.05, 0.1) is 5.69 Å². The summed E-state index contributed by atoms with van der Waals surface area (Å²) in [5.74, 6) is 0. The Balaban J connectivity index is 2.26. The van der Waals surface area contributed by atoms with Gasteiger partial charge in [-0.25, -0.2) is 0 Å². The van der Waals surface area contributed by atoms with Crippen LogP contribution in [0.4, 0.5) is 0 Å². The van der Waals surface area contributed by atoms with Gasteiger partial charge in [0.2, 0.25) is 0 Å². The van der Waals surface area contributed by atoms with Crippen LogP contribution in [0.1, 0.15) is 11.1 Å². The Morgan fingerprint density at radius 1 is 1.00 bits per heavy atom. The summed E-state index contributed by atoms with van der Waals surface area (Å²) in [6.45, 7) is 0. The van der Waals surface area contributed by atoms with Gasteiger partial charge in [-0.3, -0.25) is 0 Å². The van der Waals surface area contributed by atoms with Crippen molar-refractivity contribution in [1.29, 1.82) is 0 Å². The quantitative estimate of drug-likeness (QED) is 0.677. The van der Waals surface area contributed by atoms with Crippen LogP contribution < -0.4 is 0 Å². The van der Waals surface area contributed by atoms with Gasteiger partial charge in [-0.2, -0.15) is 0 Å². The first-order valence-electron chi connectivity index (χ1n) is 4.95. The molecular weight excluding hydrogens is 208 g/mol. The Labute approximate surface area is 92.9 Å². The monoisotopic (exact) mass is 216 g/mol. The summed E-state index contributed by atoms with van der Waals surface area (Å²) in [5.41, 5.74) is 4.74. The zero-order chi connectivity index (χ0) is 10.3. The maximum atomic E-state index is 5.83. The van der Waals surface area contributed by atoms with E-state index in [1.54, 1.807) is 0 Å².